The molecule has 0 saturated heterocycles. The van der Waals surface area contributed by atoms with Crippen LogP contribution in [0.25, 0.3) is 0 Å². The van der Waals surface area contributed by atoms with E-state index >= 15 is 0 Å². The first-order valence-corrected chi connectivity index (χ1v) is 17.1. The summed E-state index contributed by atoms with van der Waals surface area (Å²) in [5.41, 5.74) is 3.01. The summed E-state index contributed by atoms with van der Waals surface area (Å²) in [6.07, 6.45) is 1.68. The predicted octanol–water partition coefficient (Wildman–Crippen LogP) is 10.5. The molecule has 1 fully saturated rings. The van der Waals surface area contributed by atoms with Crippen molar-refractivity contribution in [2.45, 2.75) is 45.1 Å². The molecule has 4 nitrogen and oxygen atoms in total. The average molecular weight is 920 g/mol. The number of aliphatic hydroxyl groups excluding tert-OH is 1. The fourth-order valence-corrected chi connectivity index (χ4v) is 8.48. The lowest BCUT2D eigenvalue weighted by atomic mass is 9.78. The van der Waals surface area contributed by atoms with Crippen LogP contribution in [0.15, 0.2) is 63.2 Å². The van der Waals surface area contributed by atoms with E-state index in [1.807, 2.05) is 19.1 Å². The minimum absolute atomic E-state index is 0.0727. The molecule has 39 heavy (non-hydrogen) atoms. The van der Waals surface area contributed by atoms with Gasteiger partial charge in [0.15, 0.2) is 0 Å². The van der Waals surface area contributed by atoms with Gasteiger partial charge in [-0.15, -0.1) is 0 Å². The highest BCUT2D eigenvalue weighted by atomic mass is 79.9. The molecule has 1 atom stereocenters. The molecule has 1 aliphatic rings. The summed E-state index contributed by atoms with van der Waals surface area (Å²) < 4.78 is 23.0. The van der Waals surface area contributed by atoms with Crippen LogP contribution in [0, 0.1) is 12.8 Å². The van der Waals surface area contributed by atoms with Gasteiger partial charge in [0.1, 0.15) is 36.6 Å². The summed E-state index contributed by atoms with van der Waals surface area (Å²) in [7, 11) is 0. The Morgan fingerprint density at radius 1 is 0.692 bits per heavy atom. The van der Waals surface area contributed by atoms with E-state index in [4.69, 9.17) is 14.2 Å². The first-order valence-electron chi connectivity index (χ1n) is 12.4. The second-order valence-corrected chi connectivity index (χ2v) is 15.4. The van der Waals surface area contributed by atoms with Crippen molar-refractivity contribution in [1.29, 1.82) is 0 Å². The van der Waals surface area contributed by atoms with Crippen molar-refractivity contribution in [3.63, 3.8) is 0 Å². The van der Waals surface area contributed by atoms with Gasteiger partial charge < -0.3 is 19.3 Å². The largest absolute Gasteiger partial charge is 0.491 e. The first-order chi connectivity index (χ1) is 18.4. The van der Waals surface area contributed by atoms with Gasteiger partial charge in [-0.25, -0.2) is 0 Å². The Bertz CT molecular complexity index is 1290. The first kappa shape index (κ1) is 31.8. The van der Waals surface area contributed by atoms with E-state index in [0.717, 1.165) is 55.9 Å². The summed E-state index contributed by atoms with van der Waals surface area (Å²) in [5.74, 6) is 2.80. The summed E-state index contributed by atoms with van der Waals surface area (Å²) in [6.45, 7) is 7.28. The van der Waals surface area contributed by atoms with Crippen LogP contribution in [0.4, 0.5) is 0 Å². The van der Waals surface area contributed by atoms with Crippen LogP contribution < -0.4 is 14.2 Å². The lowest BCUT2D eigenvalue weighted by molar-refractivity contribution is 0.0616. The molecule has 0 aliphatic heterocycles. The molecule has 1 unspecified atom stereocenters. The maximum absolute atomic E-state index is 10.5. The second-order valence-electron chi connectivity index (χ2n) is 10.3. The van der Waals surface area contributed by atoms with E-state index < -0.39 is 6.10 Å². The average Bonchev–Trinajstić information content (AvgIpc) is 3.66. The number of halogens is 6. The number of aliphatic hydroxyl groups is 1. The van der Waals surface area contributed by atoms with Gasteiger partial charge in [-0.1, -0.05) is 13.8 Å². The third kappa shape index (κ3) is 8.05. The topological polar surface area (TPSA) is 47.9 Å². The molecule has 4 rings (SSSR count). The van der Waals surface area contributed by atoms with Gasteiger partial charge >= 0.3 is 0 Å². The van der Waals surface area contributed by atoms with E-state index in [0.29, 0.717) is 17.4 Å². The van der Waals surface area contributed by atoms with E-state index in [2.05, 4.69) is 134 Å². The van der Waals surface area contributed by atoms with Crippen molar-refractivity contribution in [3.8, 4) is 17.2 Å². The normalized spacial score (nSPS) is 14.3. The van der Waals surface area contributed by atoms with Crippen LogP contribution in [0.5, 0.6) is 17.2 Å². The minimum atomic E-state index is -0.824. The summed E-state index contributed by atoms with van der Waals surface area (Å²) in [4.78, 5) is 0. The van der Waals surface area contributed by atoms with E-state index in [1.165, 1.54) is 12.8 Å². The molecule has 1 N–H and O–H groups in total. The Balaban J connectivity index is 1.44. The number of aryl methyl sites for hydroxylation is 1. The zero-order valence-corrected chi connectivity index (χ0v) is 31.1. The van der Waals surface area contributed by atoms with Crippen molar-refractivity contribution in [2.75, 3.05) is 19.8 Å². The number of hydrogen-bond acceptors (Lipinski definition) is 4. The van der Waals surface area contributed by atoms with Gasteiger partial charge in [-0.3, -0.25) is 0 Å². The Morgan fingerprint density at radius 2 is 1.05 bits per heavy atom. The Morgan fingerprint density at radius 3 is 1.44 bits per heavy atom. The molecule has 3 aromatic carbocycles. The lowest BCUT2D eigenvalue weighted by Crippen LogP contribution is -2.25. The summed E-state index contributed by atoms with van der Waals surface area (Å²) in [6, 6.07) is 12.3. The van der Waals surface area contributed by atoms with E-state index in [9.17, 15) is 5.11 Å². The Hall–Kier alpha value is -0.100. The van der Waals surface area contributed by atoms with Gasteiger partial charge in [-0.2, -0.15) is 0 Å². The van der Waals surface area contributed by atoms with Crippen LogP contribution >= 0.6 is 95.6 Å². The number of benzene rings is 3. The third-order valence-electron chi connectivity index (χ3n) is 6.58. The molecule has 210 valence electrons. The second kappa shape index (κ2) is 13.5. The molecule has 0 amide bonds. The molecule has 10 heteroatoms. The Labute approximate surface area is 280 Å². The smallest absolute Gasteiger partial charge is 0.147 e. The van der Waals surface area contributed by atoms with Crippen molar-refractivity contribution in [1.82, 2.24) is 0 Å². The fourth-order valence-electron chi connectivity index (χ4n) is 4.00. The zero-order valence-electron chi connectivity index (χ0n) is 21.6. The molecule has 0 aromatic heterocycles. The van der Waals surface area contributed by atoms with E-state index in [-0.39, 0.29) is 18.6 Å². The number of ether oxygens (including phenoxy) is 3. The quantitative estimate of drug-likeness (QED) is 0.208. The van der Waals surface area contributed by atoms with Crippen molar-refractivity contribution in [2.24, 2.45) is 5.92 Å². The molecule has 0 radical (unpaired) electrons. The van der Waals surface area contributed by atoms with Crippen molar-refractivity contribution < 1.29 is 19.3 Å². The molecule has 1 saturated carbocycles. The van der Waals surface area contributed by atoms with Crippen LogP contribution in [0.2, 0.25) is 0 Å². The highest BCUT2D eigenvalue weighted by molar-refractivity contribution is 9.11. The van der Waals surface area contributed by atoms with Gasteiger partial charge in [0.2, 0.25) is 0 Å². The van der Waals surface area contributed by atoms with Gasteiger partial charge in [0, 0.05) is 5.41 Å². The third-order valence-corrected chi connectivity index (χ3v) is 10.1. The fraction of sp³-hybridized carbons (Fsp3) is 0.379. The predicted molar refractivity (Wildman–Crippen MR) is 178 cm³/mol. The summed E-state index contributed by atoms with van der Waals surface area (Å²) >= 11 is 21.8. The van der Waals surface area contributed by atoms with Crippen LogP contribution in [-0.4, -0.2) is 31.0 Å². The Kier molecular flexibility index (Phi) is 11.0. The van der Waals surface area contributed by atoms with E-state index in [1.54, 1.807) is 0 Å². The van der Waals surface area contributed by atoms with Gasteiger partial charge in [0.05, 0.1) is 33.4 Å². The standard InChI is InChI=1S/C29H28Br6O4/c1-15-6-20(30)26(21(31)7-15)38-13-19(36)14-39-28-24(34)10-18(11-25(28)35)29(2,3)17-8-22(32)27(23(33)9-17)37-12-16-4-5-16/h6-11,16,19,36H,4-5,12-14H2,1-3H3. The molecular weight excluding hydrogens is 892 g/mol. The monoisotopic (exact) mass is 914 g/mol. The number of hydrogen-bond donors (Lipinski definition) is 1. The highest BCUT2D eigenvalue weighted by Crippen LogP contribution is 2.44. The van der Waals surface area contributed by atoms with Gasteiger partial charge in [0.25, 0.3) is 0 Å². The number of rotatable bonds is 11. The molecule has 1 aliphatic carbocycles. The zero-order chi connectivity index (χ0) is 28.5. The molecular formula is C29H28Br6O4. The maximum Gasteiger partial charge on any atom is 0.147 e. The van der Waals surface area contributed by atoms with Crippen molar-refractivity contribution >= 4 is 95.6 Å². The van der Waals surface area contributed by atoms with Crippen LogP contribution in [0.3, 0.4) is 0 Å². The SMILES string of the molecule is Cc1cc(Br)c(OCC(O)COc2c(Br)cc(C(C)(C)c3cc(Br)c(OCC4CC4)c(Br)c3)cc2Br)c(Br)c1. The molecule has 0 heterocycles. The molecule has 0 spiro atoms. The van der Waals surface area contributed by atoms with Crippen LogP contribution in [0.1, 0.15) is 43.4 Å². The molecule has 0 bridgehead atoms. The maximum atomic E-state index is 10.5. The lowest BCUT2D eigenvalue weighted by Gasteiger charge is -2.28. The van der Waals surface area contributed by atoms with Crippen LogP contribution in [-0.2, 0) is 5.41 Å². The van der Waals surface area contributed by atoms with Gasteiger partial charge in [-0.05, 0) is 174 Å². The minimum Gasteiger partial charge on any atom is -0.491 e. The summed E-state index contributed by atoms with van der Waals surface area (Å²) in [5, 5.41) is 10.5. The van der Waals surface area contributed by atoms with Crippen molar-refractivity contribution in [3.05, 3.63) is 79.9 Å². The molecule has 3 aromatic rings. The highest BCUT2D eigenvalue weighted by Gasteiger charge is 2.28.